The van der Waals surface area contributed by atoms with Crippen LogP contribution in [0.15, 0.2) is 24.3 Å². The van der Waals surface area contributed by atoms with E-state index in [1.807, 2.05) is 49.9 Å². The van der Waals surface area contributed by atoms with Crippen LogP contribution in [0.1, 0.15) is 33.3 Å². The van der Waals surface area contributed by atoms with Gasteiger partial charge in [0.05, 0.1) is 6.04 Å². The molecule has 1 atom stereocenters. The molecule has 0 saturated carbocycles. The lowest BCUT2D eigenvalue weighted by atomic mass is 10.1. The van der Waals surface area contributed by atoms with Crippen molar-refractivity contribution in [2.45, 2.75) is 40.2 Å². The first-order valence-electron chi connectivity index (χ1n) is 8.85. The van der Waals surface area contributed by atoms with Crippen molar-refractivity contribution in [1.82, 2.24) is 9.80 Å². The minimum absolute atomic E-state index is 0.00267. The number of benzene rings is 1. The molecule has 1 aliphatic heterocycles. The van der Waals surface area contributed by atoms with E-state index in [1.165, 1.54) is 5.56 Å². The van der Waals surface area contributed by atoms with Crippen LogP contribution in [0.5, 0.6) is 0 Å². The van der Waals surface area contributed by atoms with E-state index in [1.54, 1.807) is 0 Å². The molecule has 1 fully saturated rings. The van der Waals surface area contributed by atoms with Gasteiger partial charge in [0.2, 0.25) is 11.8 Å². The monoisotopic (exact) mass is 331 g/mol. The number of anilines is 1. The topological polar surface area (TPSA) is 52.7 Å². The third-order valence-corrected chi connectivity index (χ3v) is 4.68. The summed E-state index contributed by atoms with van der Waals surface area (Å²) in [5.74, 6) is 0.231. The molecule has 24 heavy (non-hydrogen) atoms. The van der Waals surface area contributed by atoms with Crippen LogP contribution in [0, 0.1) is 5.92 Å². The number of aryl methyl sites for hydroxylation is 1. The van der Waals surface area contributed by atoms with Gasteiger partial charge < -0.3 is 10.2 Å². The zero-order valence-electron chi connectivity index (χ0n) is 15.2. The Hall–Kier alpha value is -1.88. The van der Waals surface area contributed by atoms with Gasteiger partial charge in [0.1, 0.15) is 0 Å². The second kappa shape index (κ2) is 8.29. The van der Waals surface area contributed by atoms with Gasteiger partial charge in [-0.15, -0.1) is 0 Å². The summed E-state index contributed by atoms with van der Waals surface area (Å²) in [6, 6.07) is 7.77. The summed E-state index contributed by atoms with van der Waals surface area (Å²) in [7, 11) is 0. The van der Waals surface area contributed by atoms with Crippen LogP contribution < -0.4 is 5.32 Å². The maximum Gasteiger partial charge on any atom is 0.241 e. The molecule has 0 unspecified atom stereocenters. The smallest absolute Gasteiger partial charge is 0.241 e. The molecule has 0 aliphatic carbocycles. The second-order valence-corrected chi connectivity index (χ2v) is 6.73. The minimum Gasteiger partial charge on any atom is -0.340 e. The molecular weight excluding hydrogens is 302 g/mol. The largest absolute Gasteiger partial charge is 0.340 e. The second-order valence-electron chi connectivity index (χ2n) is 6.73. The number of carbonyl (C=O) groups excluding carboxylic acids is 2. The van der Waals surface area contributed by atoms with Gasteiger partial charge in [0.15, 0.2) is 0 Å². The zero-order valence-corrected chi connectivity index (χ0v) is 15.2. The van der Waals surface area contributed by atoms with Crippen molar-refractivity contribution in [1.29, 1.82) is 0 Å². The van der Waals surface area contributed by atoms with Gasteiger partial charge in [-0.1, -0.05) is 32.9 Å². The molecule has 1 aromatic rings. The number of hydrogen-bond donors (Lipinski definition) is 1. The van der Waals surface area contributed by atoms with Gasteiger partial charge in [-0.3, -0.25) is 14.5 Å². The van der Waals surface area contributed by atoms with Crippen LogP contribution in [0.2, 0.25) is 0 Å². The highest BCUT2D eigenvalue weighted by Gasteiger charge is 2.28. The summed E-state index contributed by atoms with van der Waals surface area (Å²) in [6.45, 7) is 10.8. The number of nitrogens with zero attached hydrogens (tertiary/aromatic N) is 2. The first-order chi connectivity index (χ1) is 11.4. The number of hydrogen-bond acceptors (Lipinski definition) is 3. The van der Waals surface area contributed by atoms with Crippen LogP contribution in [-0.4, -0.2) is 53.8 Å². The predicted octanol–water partition coefficient (Wildman–Crippen LogP) is 2.38. The highest BCUT2D eigenvalue weighted by Crippen LogP contribution is 2.13. The van der Waals surface area contributed by atoms with Gasteiger partial charge in [-0.2, -0.15) is 0 Å². The van der Waals surface area contributed by atoms with E-state index < -0.39 is 0 Å². The van der Waals surface area contributed by atoms with Crippen molar-refractivity contribution in [3.8, 4) is 0 Å². The van der Waals surface area contributed by atoms with Crippen molar-refractivity contribution >= 4 is 17.5 Å². The molecule has 5 nitrogen and oxygen atoms in total. The van der Waals surface area contributed by atoms with Crippen molar-refractivity contribution in [2.24, 2.45) is 5.92 Å². The molecule has 1 N–H and O–H groups in total. The summed E-state index contributed by atoms with van der Waals surface area (Å²) in [5.41, 5.74) is 2.09. The molecule has 1 saturated heterocycles. The predicted molar refractivity (Wildman–Crippen MR) is 96.9 cm³/mol. The summed E-state index contributed by atoms with van der Waals surface area (Å²) in [4.78, 5) is 28.5. The maximum absolute atomic E-state index is 12.5. The lowest BCUT2D eigenvalue weighted by Crippen LogP contribution is -2.54. The fraction of sp³-hybridized carbons (Fsp3) is 0.579. The van der Waals surface area contributed by atoms with Gasteiger partial charge in [0.25, 0.3) is 0 Å². The minimum atomic E-state index is -0.202. The molecule has 1 aliphatic rings. The van der Waals surface area contributed by atoms with Gasteiger partial charge in [0, 0.05) is 37.8 Å². The Labute approximate surface area is 145 Å². The average Bonchev–Trinajstić information content (AvgIpc) is 2.61. The van der Waals surface area contributed by atoms with Crippen LogP contribution in [0.4, 0.5) is 5.69 Å². The number of piperazine rings is 1. The first kappa shape index (κ1) is 18.5. The number of carbonyl (C=O) groups is 2. The fourth-order valence-corrected chi connectivity index (χ4v) is 2.93. The maximum atomic E-state index is 12.5. The van der Waals surface area contributed by atoms with Crippen molar-refractivity contribution in [2.75, 3.05) is 31.5 Å². The Balaban J connectivity index is 1.86. The SMILES string of the molecule is CCc1ccc(NC(=O)[C@@H](C)N2CCN(C(=O)C(C)C)CC2)cc1. The van der Waals surface area contributed by atoms with Gasteiger partial charge >= 0.3 is 0 Å². The standard InChI is InChI=1S/C19H29N3O2/c1-5-16-6-8-17(9-7-16)20-18(23)15(4)21-10-12-22(13-11-21)19(24)14(2)3/h6-9,14-15H,5,10-13H2,1-4H3,(H,20,23)/t15-/m1/s1. The lowest BCUT2D eigenvalue weighted by molar-refractivity contribution is -0.136. The van der Waals surface area contributed by atoms with Crippen molar-refractivity contribution in [3.63, 3.8) is 0 Å². The highest BCUT2D eigenvalue weighted by molar-refractivity contribution is 5.94. The fourth-order valence-electron chi connectivity index (χ4n) is 2.93. The number of amides is 2. The van der Waals surface area contributed by atoms with E-state index in [4.69, 9.17) is 0 Å². The molecule has 1 aromatic carbocycles. The molecule has 0 radical (unpaired) electrons. The Morgan fingerprint density at radius 2 is 1.62 bits per heavy atom. The van der Waals surface area contributed by atoms with E-state index in [-0.39, 0.29) is 23.8 Å². The molecule has 132 valence electrons. The van der Waals surface area contributed by atoms with Crippen LogP contribution in [0.25, 0.3) is 0 Å². The summed E-state index contributed by atoms with van der Waals surface area (Å²) in [6.07, 6.45) is 0.990. The molecule has 5 heteroatoms. The highest BCUT2D eigenvalue weighted by atomic mass is 16.2. The number of rotatable bonds is 5. The summed E-state index contributed by atoms with van der Waals surface area (Å²) >= 11 is 0. The van der Waals surface area contributed by atoms with Crippen molar-refractivity contribution in [3.05, 3.63) is 29.8 Å². The molecule has 1 heterocycles. The van der Waals surface area contributed by atoms with Crippen molar-refractivity contribution < 1.29 is 9.59 Å². The summed E-state index contributed by atoms with van der Waals surface area (Å²) in [5, 5.41) is 2.98. The van der Waals surface area contributed by atoms with E-state index in [2.05, 4.69) is 17.1 Å². The third kappa shape index (κ3) is 4.57. The molecule has 0 aromatic heterocycles. The Morgan fingerprint density at radius 1 is 1.04 bits per heavy atom. The van der Waals surface area contributed by atoms with Crippen LogP contribution in [0.3, 0.4) is 0 Å². The van der Waals surface area contributed by atoms with E-state index in [0.29, 0.717) is 13.1 Å². The quantitative estimate of drug-likeness (QED) is 0.901. The molecule has 2 amide bonds. The Bertz CT molecular complexity index is 560. The average molecular weight is 331 g/mol. The molecular formula is C19H29N3O2. The third-order valence-electron chi connectivity index (χ3n) is 4.68. The van der Waals surface area contributed by atoms with Crippen LogP contribution in [-0.2, 0) is 16.0 Å². The van der Waals surface area contributed by atoms with E-state index >= 15 is 0 Å². The first-order valence-corrected chi connectivity index (χ1v) is 8.85. The number of nitrogens with one attached hydrogen (secondary N) is 1. The zero-order chi connectivity index (χ0) is 17.7. The van der Waals surface area contributed by atoms with E-state index in [0.717, 1.165) is 25.2 Å². The summed E-state index contributed by atoms with van der Waals surface area (Å²) < 4.78 is 0. The Kier molecular flexibility index (Phi) is 6.37. The molecule has 0 bridgehead atoms. The lowest BCUT2D eigenvalue weighted by Gasteiger charge is -2.38. The van der Waals surface area contributed by atoms with Gasteiger partial charge in [-0.25, -0.2) is 0 Å². The van der Waals surface area contributed by atoms with Crippen LogP contribution >= 0.6 is 0 Å². The molecule has 2 rings (SSSR count). The van der Waals surface area contributed by atoms with E-state index in [9.17, 15) is 9.59 Å². The Morgan fingerprint density at radius 3 is 2.12 bits per heavy atom. The molecule has 0 spiro atoms. The normalized spacial score (nSPS) is 17.0. The van der Waals surface area contributed by atoms with Gasteiger partial charge in [-0.05, 0) is 31.0 Å².